The van der Waals surface area contributed by atoms with Crippen LogP contribution in [0.25, 0.3) is 0 Å². The fraction of sp³-hybridized carbons (Fsp3) is 0.500. The van der Waals surface area contributed by atoms with E-state index in [2.05, 4.69) is 48.9 Å². The summed E-state index contributed by atoms with van der Waals surface area (Å²) in [7, 11) is 0. The van der Waals surface area contributed by atoms with E-state index in [-0.39, 0.29) is 18.1 Å². The van der Waals surface area contributed by atoms with E-state index in [0.717, 1.165) is 25.7 Å². The number of allylic oxidation sites excluding steroid dienone is 5. The van der Waals surface area contributed by atoms with Crippen molar-refractivity contribution in [2.24, 2.45) is 0 Å². The van der Waals surface area contributed by atoms with Gasteiger partial charge in [-0.3, -0.25) is 14.4 Å². The summed E-state index contributed by atoms with van der Waals surface area (Å²) in [5.41, 5.74) is 3.67. The number of carboxylic acid groups (broad SMARTS) is 1. The lowest BCUT2D eigenvalue weighted by Crippen LogP contribution is -2.42. The van der Waals surface area contributed by atoms with Crippen LogP contribution in [-0.2, 0) is 19.2 Å². The minimum atomic E-state index is -1.27. The molecule has 0 aromatic rings. The minimum Gasteiger partial charge on any atom is -0.477 e. The average Bonchev–Trinajstić information content (AvgIpc) is 2.72. The number of carboxylic acids is 1. The Balaban J connectivity index is 4.41. The number of hydrogen-bond donors (Lipinski definition) is 4. The van der Waals surface area contributed by atoms with Crippen molar-refractivity contribution in [1.82, 2.24) is 16.0 Å². The highest BCUT2D eigenvalue weighted by Gasteiger charge is 2.12. The van der Waals surface area contributed by atoms with Crippen LogP contribution in [0.2, 0.25) is 0 Å². The standard InChI is InChI=1S/C24H37N3O5S/c1-17(2)8-6-9-18(3)10-7-11-19(4)12-13-33-16-21(24(31)32)27-23(30)15-26-22(29)14-25-20(5)28/h8,10,12,16H,6-7,9,11,13-15H2,1-5H3,(H,25,28)(H,26,29)(H,27,30)(H,31,32). The zero-order valence-electron chi connectivity index (χ0n) is 20.2. The molecule has 0 aromatic heterocycles. The highest BCUT2D eigenvalue weighted by atomic mass is 32.2. The molecule has 0 heterocycles. The molecule has 0 aliphatic rings. The molecule has 0 saturated carbocycles. The summed E-state index contributed by atoms with van der Waals surface area (Å²) in [6, 6.07) is 0. The number of rotatable bonds is 15. The Morgan fingerprint density at radius 2 is 1.36 bits per heavy atom. The third-order valence-electron chi connectivity index (χ3n) is 4.30. The monoisotopic (exact) mass is 479 g/mol. The molecule has 0 spiro atoms. The van der Waals surface area contributed by atoms with E-state index < -0.39 is 24.3 Å². The van der Waals surface area contributed by atoms with Gasteiger partial charge in [0.05, 0.1) is 13.1 Å². The van der Waals surface area contributed by atoms with Crippen molar-refractivity contribution in [3.8, 4) is 0 Å². The summed E-state index contributed by atoms with van der Waals surface area (Å²) in [5.74, 6) is -2.27. The topological polar surface area (TPSA) is 125 Å². The molecule has 0 saturated heterocycles. The smallest absolute Gasteiger partial charge is 0.352 e. The van der Waals surface area contributed by atoms with E-state index in [0.29, 0.717) is 5.75 Å². The first-order chi connectivity index (χ1) is 15.5. The number of thioether (sulfide) groups is 1. The molecule has 0 aliphatic heterocycles. The highest BCUT2D eigenvalue weighted by Crippen LogP contribution is 2.13. The van der Waals surface area contributed by atoms with Crippen molar-refractivity contribution in [3.63, 3.8) is 0 Å². The molecular weight excluding hydrogens is 442 g/mol. The van der Waals surface area contributed by atoms with Gasteiger partial charge < -0.3 is 21.1 Å². The van der Waals surface area contributed by atoms with Gasteiger partial charge in [0.25, 0.3) is 0 Å². The van der Waals surface area contributed by atoms with Crippen LogP contribution in [0, 0.1) is 0 Å². The van der Waals surface area contributed by atoms with Crippen LogP contribution in [0.3, 0.4) is 0 Å². The predicted molar refractivity (Wildman–Crippen MR) is 133 cm³/mol. The molecular formula is C24H37N3O5S. The summed E-state index contributed by atoms with van der Waals surface area (Å²) in [5, 5.41) is 17.5. The molecule has 8 nitrogen and oxygen atoms in total. The first-order valence-electron chi connectivity index (χ1n) is 10.8. The van der Waals surface area contributed by atoms with Crippen LogP contribution < -0.4 is 16.0 Å². The molecule has 0 unspecified atom stereocenters. The maximum atomic E-state index is 11.9. The summed E-state index contributed by atoms with van der Waals surface area (Å²) >= 11 is 1.26. The number of carbonyl (C=O) groups is 4. The summed E-state index contributed by atoms with van der Waals surface area (Å²) in [6.07, 6.45) is 10.6. The van der Waals surface area contributed by atoms with Crippen molar-refractivity contribution in [3.05, 3.63) is 46.1 Å². The van der Waals surface area contributed by atoms with Gasteiger partial charge >= 0.3 is 5.97 Å². The predicted octanol–water partition coefficient (Wildman–Crippen LogP) is 3.43. The Labute approximate surface area is 201 Å². The fourth-order valence-electron chi connectivity index (χ4n) is 2.43. The van der Waals surface area contributed by atoms with Crippen molar-refractivity contribution >= 4 is 35.5 Å². The highest BCUT2D eigenvalue weighted by molar-refractivity contribution is 8.02. The molecule has 9 heteroatoms. The number of nitrogens with one attached hydrogen (secondary N) is 3. The van der Waals surface area contributed by atoms with E-state index in [1.54, 1.807) is 0 Å². The first kappa shape index (κ1) is 30.2. The van der Waals surface area contributed by atoms with Crippen molar-refractivity contribution in [2.45, 2.75) is 60.3 Å². The second-order valence-electron chi connectivity index (χ2n) is 7.86. The Bertz CT molecular complexity index is 809. The van der Waals surface area contributed by atoms with Crippen LogP contribution in [0.5, 0.6) is 0 Å². The Morgan fingerprint density at radius 1 is 0.788 bits per heavy atom. The molecule has 33 heavy (non-hydrogen) atoms. The maximum Gasteiger partial charge on any atom is 0.352 e. The van der Waals surface area contributed by atoms with Crippen LogP contribution in [0.4, 0.5) is 0 Å². The number of aliphatic carboxylic acids is 1. The van der Waals surface area contributed by atoms with Gasteiger partial charge in [0.15, 0.2) is 0 Å². The van der Waals surface area contributed by atoms with E-state index in [4.69, 9.17) is 0 Å². The lowest BCUT2D eigenvalue weighted by Gasteiger charge is -2.07. The van der Waals surface area contributed by atoms with Crippen molar-refractivity contribution in [2.75, 3.05) is 18.8 Å². The SMILES string of the molecule is CC(=O)NCC(=O)NCC(=O)NC(=CSCC=C(C)CCC=C(C)CCC=C(C)C)C(=O)O. The molecule has 0 aromatic carbocycles. The second kappa shape index (κ2) is 17.7. The molecule has 0 bridgehead atoms. The summed E-state index contributed by atoms with van der Waals surface area (Å²) in [4.78, 5) is 45.4. The fourth-order valence-corrected chi connectivity index (χ4v) is 3.24. The van der Waals surface area contributed by atoms with Gasteiger partial charge in [0.2, 0.25) is 17.7 Å². The van der Waals surface area contributed by atoms with Gasteiger partial charge in [0.1, 0.15) is 5.70 Å². The van der Waals surface area contributed by atoms with E-state index >= 15 is 0 Å². The van der Waals surface area contributed by atoms with Gasteiger partial charge in [-0.1, -0.05) is 34.9 Å². The zero-order valence-corrected chi connectivity index (χ0v) is 21.1. The van der Waals surface area contributed by atoms with Gasteiger partial charge in [-0.05, 0) is 53.4 Å². The molecule has 4 N–H and O–H groups in total. The van der Waals surface area contributed by atoms with Crippen LogP contribution >= 0.6 is 11.8 Å². The zero-order chi connectivity index (χ0) is 25.2. The van der Waals surface area contributed by atoms with Crippen LogP contribution in [-0.4, -0.2) is 47.6 Å². The van der Waals surface area contributed by atoms with Gasteiger partial charge in [-0.15, -0.1) is 11.8 Å². The largest absolute Gasteiger partial charge is 0.477 e. The molecule has 0 aliphatic carbocycles. The van der Waals surface area contributed by atoms with Crippen molar-refractivity contribution in [1.29, 1.82) is 0 Å². The molecule has 0 atom stereocenters. The molecule has 184 valence electrons. The first-order valence-corrected chi connectivity index (χ1v) is 11.9. The molecule has 3 amide bonds. The van der Waals surface area contributed by atoms with Gasteiger partial charge in [-0.2, -0.15) is 0 Å². The number of hydrogen-bond acceptors (Lipinski definition) is 5. The molecule has 0 radical (unpaired) electrons. The van der Waals surface area contributed by atoms with Gasteiger partial charge in [0, 0.05) is 18.1 Å². The second-order valence-corrected chi connectivity index (χ2v) is 8.77. The Morgan fingerprint density at radius 3 is 1.94 bits per heavy atom. The van der Waals surface area contributed by atoms with Crippen LogP contribution in [0.15, 0.2) is 46.1 Å². The van der Waals surface area contributed by atoms with Crippen molar-refractivity contribution < 1.29 is 24.3 Å². The van der Waals surface area contributed by atoms with E-state index in [9.17, 15) is 24.3 Å². The van der Waals surface area contributed by atoms with E-state index in [1.165, 1.54) is 40.8 Å². The lowest BCUT2D eigenvalue weighted by molar-refractivity contribution is -0.134. The van der Waals surface area contributed by atoms with E-state index in [1.807, 2.05) is 13.0 Å². The van der Waals surface area contributed by atoms with Crippen LogP contribution in [0.1, 0.15) is 60.3 Å². The summed E-state index contributed by atoms with van der Waals surface area (Å²) < 4.78 is 0. The molecule has 0 rings (SSSR count). The third kappa shape index (κ3) is 18.5. The maximum absolute atomic E-state index is 11.9. The van der Waals surface area contributed by atoms with Gasteiger partial charge in [-0.25, -0.2) is 4.79 Å². The minimum absolute atomic E-state index is 0.253. The Hall–Kier alpha value is -2.81. The normalized spacial score (nSPS) is 12.1. The Kier molecular flexibility index (Phi) is 16.2. The quantitative estimate of drug-likeness (QED) is 0.162. The number of amides is 3. The summed E-state index contributed by atoms with van der Waals surface area (Å²) in [6.45, 7) is 9.02. The third-order valence-corrected chi connectivity index (χ3v) is 5.06. The lowest BCUT2D eigenvalue weighted by atomic mass is 10.1. The number of carbonyl (C=O) groups excluding carboxylic acids is 3. The molecule has 0 fully saturated rings. The average molecular weight is 480 g/mol.